The molecule has 0 amide bonds. The molecule has 1 rings (SSSR count). The van der Waals surface area contributed by atoms with Crippen LogP contribution in [-0.2, 0) is 0 Å². The topological polar surface area (TPSA) is 29.3 Å². The molecular formula is C13H28N2S. The van der Waals surface area contributed by atoms with Crippen LogP contribution in [0.3, 0.4) is 0 Å². The Kier molecular flexibility index (Phi) is 6.16. The van der Waals surface area contributed by atoms with Crippen LogP contribution in [-0.4, -0.2) is 43.1 Å². The molecule has 0 heterocycles. The average Bonchev–Trinajstić information content (AvgIpc) is 2.30. The van der Waals surface area contributed by atoms with E-state index in [0.29, 0.717) is 11.5 Å². The molecule has 1 fully saturated rings. The lowest BCUT2D eigenvalue weighted by atomic mass is 9.73. The fraction of sp³-hybridized carbons (Fsp3) is 1.00. The van der Waals surface area contributed by atoms with E-state index in [1.807, 2.05) is 11.8 Å². The lowest BCUT2D eigenvalue weighted by molar-refractivity contribution is 0.111. The summed E-state index contributed by atoms with van der Waals surface area (Å²) in [5.74, 6) is 1.22. The zero-order valence-electron chi connectivity index (χ0n) is 11.2. The number of thioether (sulfide) groups is 1. The fourth-order valence-electron chi connectivity index (χ4n) is 2.78. The monoisotopic (exact) mass is 244 g/mol. The first kappa shape index (κ1) is 14.3. The van der Waals surface area contributed by atoms with E-state index in [-0.39, 0.29) is 0 Å². The van der Waals surface area contributed by atoms with Crippen LogP contribution in [0.1, 0.15) is 39.0 Å². The number of hydrogen-bond acceptors (Lipinski definition) is 3. The summed E-state index contributed by atoms with van der Waals surface area (Å²) in [6.07, 6.45) is 9.01. The summed E-state index contributed by atoms with van der Waals surface area (Å²) in [5.41, 5.74) is 6.45. The van der Waals surface area contributed by atoms with E-state index in [1.165, 1.54) is 44.4 Å². The van der Waals surface area contributed by atoms with Crippen molar-refractivity contribution in [3.63, 3.8) is 0 Å². The quantitative estimate of drug-likeness (QED) is 0.779. The van der Waals surface area contributed by atoms with Crippen LogP contribution in [0.5, 0.6) is 0 Å². The summed E-state index contributed by atoms with van der Waals surface area (Å²) in [7, 11) is 2.26. The van der Waals surface area contributed by atoms with Gasteiger partial charge in [-0.05, 0) is 45.0 Å². The zero-order valence-corrected chi connectivity index (χ0v) is 12.0. The maximum absolute atomic E-state index is 6.03. The molecule has 1 atom stereocenters. The van der Waals surface area contributed by atoms with E-state index in [1.54, 1.807) is 0 Å². The van der Waals surface area contributed by atoms with Crippen LogP contribution >= 0.6 is 11.8 Å². The molecule has 0 spiro atoms. The molecule has 1 aliphatic rings. The van der Waals surface area contributed by atoms with Crippen molar-refractivity contribution in [2.24, 2.45) is 11.1 Å². The van der Waals surface area contributed by atoms with Gasteiger partial charge in [-0.1, -0.05) is 19.3 Å². The van der Waals surface area contributed by atoms with Gasteiger partial charge in [0.15, 0.2) is 0 Å². The summed E-state index contributed by atoms with van der Waals surface area (Å²) < 4.78 is 0. The molecule has 0 aromatic carbocycles. The molecule has 16 heavy (non-hydrogen) atoms. The van der Waals surface area contributed by atoms with Crippen molar-refractivity contribution in [1.29, 1.82) is 0 Å². The van der Waals surface area contributed by atoms with Crippen LogP contribution in [0.2, 0.25) is 0 Å². The Morgan fingerprint density at radius 3 is 2.44 bits per heavy atom. The van der Waals surface area contributed by atoms with Gasteiger partial charge in [0.1, 0.15) is 0 Å². The molecule has 1 unspecified atom stereocenters. The third-order valence-electron chi connectivity index (χ3n) is 4.09. The summed E-state index contributed by atoms with van der Waals surface area (Å²) in [5, 5.41) is 0. The van der Waals surface area contributed by atoms with E-state index in [9.17, 15) is 0 Å². The Morgan fingerprint density at radius 1 is 1.31 bits per heavy atom. The van der Waals surface area contributed by atoms with Gasteiger partial charge in [-0.25, -0.2) is 0 Å². The van der Waals surface area contributed by atoms with Crippen LogP contribution in [0, 0.1) is 5.41 Å². The predicted octanol–water partition coefficient (Wildman–Crippen LogP) is 2.58. The standard InChI is InChI=1S/C13H28N2S/c1-12(9-16-3)15(2)11-13(10-14)7-5-4-6-8-13/h12H,4-11,14H2,1-3H3. The van der Waals surface area contributed by atoms with Gasteiger partial charge >= 0.3 is 0 Å². The highest BCUT2D eigenvalue weighted by Gasteiger charge is 2.32. The predicted molar refractivity (Wildman–Crippen MR) is 75.0 cm³/mol. The first-order valence-electron chi connectivity index (χ1n) is 6.53. The number of hydrogen-bond donors (Lipinski definition) is 1. The van der Waals surface area contributed by atoms with E-state index in [2.05, 4.69) is 25.1 Å². The Bertz CT molecular complexity index is 190. The van der Waals surface area contributed by atoms with Crippen LogP contribution in [0.15, 0.2) is 0 Å². The van der Waals surface area contributed by atoms with Crippen molar-refractivity contribution in [3.8, 4) is 0 Å². The normalized spacial score (nSPS) is 22.3. The SMILES string of the molecule is CSCC(C)N(C)CC1(CN)CCCCC1. The maximum Gasteiger partial charge on any atom is 0.0155 e. The highest BCUT2D eigenvalue weighted by atomic mass is 32.2. The lowest BCUT2D eigenvalue weighted by Crippen LogP contribution is -2.45. The number of nitrogens with zero attached hydrogens (tertiary/aromatic N) is 1. The molecule has 2 N–H and O–H groups in total. The lowest BCUT2D eigenvalue weighted by Gasteiger charge is -2.41. The second kappa shape index (κ2) is 6.87. The minimum Gasteiger partial charge on any atom is -0.330 e. The molecule has 0 radical (unpaired) electrons. The van der Waals surface area contributed by atoms with Gasteiger partial charge in [0.25, 0.3) is 0 Å². The molecule has 96 valence electrons. The minimum atomic E-state index is 0.416. The molecule has 1 aliphatic carbocycles. The van der Waals surface area contributed by atoms with E-state index in [4.69, 9.17) is 5.73 Å². The van der Waals surface area contributed by atoms with Gasteiger partial charge in [0.2, 0.25) is 0 Å². The summed E-state index contributed by atoms with van der Waals surface area (Å²) >= 11 is 1.93. The first-order valence-corrected chi connectivity index (χ1v) is 7.92. The fourth-order valence-corrected chi connectivity index (χ4v) is 3.52. The Hall–Kier alpha value is 0.270. The molecule has 2 nitrogen and oxygen atoms in total. The first-order chi connectivity index (χ1) is 7.63. The van der Waals surface area contributed by atoms with Gasteiger partial charge < -0.3 is 10.6 Å². The van der Waals surface area contributed by atoms with Crippen molar-refractivity contribution in [1.82, 2.24) is 4.90 Å². The minimum absolute atomic E-state index is 0.416. The van der Waals surface area contributed by atoms with Crippen LogP contribution in [0.4, 0.5) is 0 Å². The molecule has 0 aliphatic heterocycles. The smallest absolute Gasteiger partial charge is 0.0155 e. The largest absolute Gasteiger partial charge is 0.330 e. The van der Waals surface area contributed by atoms with Gasteiger partial charge in [0, 0.05) is 18.3 Å². The Balaban J connectivity index is 2.48. The van der Waals surface area contributed by atoms with Gasteiger partial charge in [-0.15, -0.1) is 0 Å². The number of rotatable bonds is 6. The molecule has 0 saturated heterocycles. The van der Waals surface area contributed by atoms with E-state index < -0.39 is 0 Å². The molecule has 0 aromatic heterocycles. The second-order valence-corrected chi connectivity index (χ2v) is 6.39. The van der Waals surface area contributed by atoms with Crippen molar-refractivity contribution in [2.75, 3.05) is 32.1 Å². The summed E-state index contributed by atoms with van der Waals surface area (Å²) in [4.78, 5) is 2.51. The van der Waals surface area contributed by atoms with E-state index >= 15 is 0 Å². The second-order valence-electron chi connectivity index (χ2n) is 5.48. The molecule has 3 heteroatoms. The molecule has 0 bridgehead atoms. The third-order valence-corrected chi connectivity index (χ3v) is 4.91. The average molecular weight is 244 g/mol. The van der Waals surface area contributed by atoms with Crippen LogP contribution < -0.4 is 5.73 Å². The van der Waals surface area contributed by atoms with E-state index in [0.717, 1.165) is 6.54 Å². The van der Waals surface area contributed by atoms with Crippen molar-refractivity contribution in [2.45, 2.75) is 45.1 Å². The third kappa shape index (κ3) is 3.94. The Labute approximate surface area is 105 Å². The maximum atomic E-state index is 6.03. The molecule has 0 aromatic rings. The van der Waals surface area contributed by atoms with Gasteiger partial charge in [-0.3, -0.25) is 0 Å². The summed E-state index contributed by atoms with van der Waals surface area (Å²) in [6.45, 7) is 4.37. The van der Waals surface area contributed by atoms with Gasteiger partial charge in [0.05, 0.1) is 0 Å². The summed E-state index contributed by atoms with van der Waals surface area (Å²) in [6, 6.07) is 0.667. The molecular weight excluding hydrogens is 216 g/mol. The highest BCUT2D eigenvalue weighted by molar-refractivity contribution is 7.98. The van der Waals surface area contributed by atoms with Gasteiger partial charge in [-0.2, -0.15) is 11.8 Å². The molecule has 1 saturated carbocycles. The Morgan fingerprint density at radius 2 is 1.94 bits per heavy atom. The van der Waals surface area contributed by atoms with Crippen LogP contribution in [0.25, 0.3) is 0 Å². The van der Waals surface area contributed by atoms with Crippen molar-refractivity contribution in [3.05, 3.63) is 0 Å². The van der Waals surface area contributed by atoms with Crippen molar-refractivity contribution >= 4 is 11.8 Å². The number of nitrogens with two attached hydrogens (primary N) is 1. The zero-order chi connectivity index (χ0) is 12.0. The highest BCUT2D eigenvalue weighted by Crippen LogP contribution is 2.36. The van der Waals surface area contributed by atoms with Crippen molar-refractivity contribution < 1.29 is 0 Å².